The highest BCUT2D eigenvalue weighted by atomic mass is 16.6. The van der Waals surface area contributed by atoms with Gasteiger partial charge in [-0.05, 0) is 58.6 Å². The minimum atomic E-state index is -1.12. The molecule has 1 aliphatic rings. The summed E-state index contributed by atoms with van der Waals surface area (Å²) >= 11 is 0. The molecule has 0 aliphatic heterocycles. The van der Waals surface area contributed by atoms with Crippen LogP contribution < -0.4 is 14.8 Å². The molecule has 0 bridgehead atoms. The summed E-state index contributed by atoms with van der Waals surface area (Å²) in [5.41, 5.74) is -0.557. The van der Waals surface area contributed by atoms with Gasteiger partial charge in [-0.25, -0.2) is 9.59 Å². The third kappa shape index (κ3) is 6.14. The van der Waals surface area contributed by atoms with Crippen LogP contribution in [0.1, 0.15) is 56.8 Å². The van der Waals surface area contributed by atoms with Crippen LogP contribution in [-0.4, -0.2) is 41.9 Å². The first-order valence-corrected chi connectivity index (χ1v) is 9.21. The lowest BCUT2D eigenvalue weighted by Crippen LogP contribution is -2.41. The molecule has 0 aromatic heterocycles. The molecule has 0 spiro atoms. The first kappa shape index (κ1) is 21.5. The van der Waals surface area contributed by atoms with Crippen molar-refractivity contribution in [3.8, 4) is 11.5 Å². The number of carbonyl (C=O) groups excluding carboxylic acids is 2. The van der Waals surface area contributed by atoms with Crippen molar-refractivity contribution in [1.82, 2.24) is 5.32 Å². The van der Waals surface area contributed by atoms with Crippen molar-refractivity contribution >= 4 is 18.0 Å². The van der Waals surface area contributed by atoms with Gasteiger partial charge in [0.05, 0.1) is 13.0 Å². The van der Waals surface area contributed by atoms with Gasteiger partial charge >= 0.3 is 18.0 Å². The quantitative estimate of drug-likeness (QED) is 0.583. The number of methoxy groups -OCH3 is 1. The first-order valence-electron chi connectivity index (χ1n) is 9.21. The lowest BCUT2D eigenvalue weighted by molar-refractivity contribution is -0.140. The summed E-state index contributed by atoms with van der Waals surface area (Å²) in [4.78, 5) is 35.4. The van der Waals surface area contributed by atoms with E-state index in [0.717, 1.165) is 0 Å². The van der Waals surface area contributed by atoms with E-state index in [1.807, 2.05) is 0 Å². The zero-order valence-corrected chi connectivity index (χ0v) is 16.6. The van der Waals surface area contributed by atoms with E-state index in [0.29, 0.717) is 25.7 Å². The number of hydrogen-bond acceptors (Lipinski definition) is 6. The highest BCUT2D eigenvalue weighted by Crippen LogP contribution is 2.29. The topological polar surface area (TPSA) is 111 Å². The van der Waals surface area contributed by atoms with Crippen LogP contribution in [0.4, 0.5) is 4.79 Å². The van der Waals surface area contributed by atoms with Crippen LogP contribution in [0.25, 0.3) is 0 Å². The van der Waals surface area contributed by atoms with Gasteiger partial charge in [-0.1, -0.05) is 0 Å². The number of benzene rings is 1. The smallest absolute Gasteiger partial charge is 0.407 e. The maximum Gasteiger partial charge on any atom is 0.407 e. The van der Waals surface area contributed by atoms with Crippen LogP contribution >= 0.6 is 0 Å². The van der Waals surface area contributed by atoms with Gasteiger partial charge in [0.25, 0.3) is 0 Å². The molecule has 0 radical (unpaired) electrons. The summed E-state index contributed by atoms with van der Waals surface area (Å²) in [5.74, 6) is -1.41. The van der Waals surface area contributed by atoms with Crippen molar-refractivity contribution in [2.45, 2.75) is 58.1 Å². The van der Waals surface area contributed by atoms with E-state index in [1.165, 1.54) is 25.3 Å². The van der Waals surface area contributed by atoms with Gasteiger partial charge in [-0.3, -0.25) is 4.79 Å². The minimum absolute atomic E-state index is 0.00368. The van der Waals surface area contributed by atoms with E-state index in [1.54, 1.807) is 20.8 Å². The Hall–Kier alpha value is -2.77. The van der Waals surface area contributed by atoms with Gasteiger partial charge in [0.2, 0.25) is 0 Å². The van der Waals surface area contributed by atoms with Crippen LogP contribution in [-0.2, 0) is 9.53 Å². The number of carbonyl (C=O) groups is 3. The van der Waals surface area contributed by atoms with E-state index in [2.05, 4.69) is 5.32 Å². The van der Waals surface area contributed by atoms with Crippen LogP contribution in [0, 0.1) is 5.92 Å². The third-order valence-corrected chi connectivity index (χ3v) is 4.40. The Kier molecular flexibility index (Phi) is 6.88. The maximum atomic E-state index is 12.4. The van der Waals surface area contributed by atoms with E-state index >= 15 is 0 Å². The van der Waals surface area contributed by atoms with E-state index in [4.69, 9.17) is 19.3 Å². The molecule has 2 N–H and O–H groups in total. The molecule has 0 saturated heterocycles. The molecule has 1 aromatic rings. The Morgan fingerprint density at radius 2 is 1.75 bits per heavy atom. The zero-order chi connectivity index (χ0) is 20.9. The lowest BCUT2D eigenvalue weighted by atomic mass is 9.86. The predicted octanol–water partition coefficient (Wildman–Crippen LogP) is 3.38. The fraction of sp³-hybridized carbons (Fsp3) is 0.550. The van der Waals surface area contributed by atoms with Gasteiger partial charge in [-0.15, -0.1) is 0 Å². The Balaban J connectivity index is 1.87. The van der Waals surface area contributed by atoms with Crippen LogP contribution in [0.3, 0.4) is 0 Å². The molecule has 0 atom stereocenters. The number of hydrogen-bond donors (Lipinski definition) is 2. The Morgan fingerprint density at radius 3 is 2.29 bits per heavy atom. The molecular weight excluding hydrogens is 366 g/mol. The highest BCUT2D eigenvalue weighted by Gasteiger charge is 2.29. The lowest BCUT2D eigenvalue weighted by Gasteiger charge is -2.29. The summed E-state index contributed by atoms with van der Waals surface area (Å²) in [6, 6.07) is 4.12. The molecule has 1 fully saturated rings. The zero-order valence-electron chi connectivity index (χ0n) is 16.6. The number of aromatic carboxylic acids is 1. The van der Waals surface area contributed by atoms with Gasteiger partial charge in [0.1, 0.15) is 22.7 Å². The van der Waals surface area contributed by atoms with Gasteiger partial charge in [0, 0.05) is 12.1 Å². The second kappa shape index (κ2) is 8.95. The fourth-order valence-corrected chi connectivity index (χ4v) is 3.06. The normalized spacial score (nSPS) is 19.4. The summed E-state index contributed by atoms with van der Waals surface area (Å²) in [6.45, 7) is 5.41. The summed E-state index contributed by atoms with van der Waals surface area (Å²) in [7, 11) is 1.35. The number of ether oxygens (including phenoxy) is 3. The van der Waals surface area contributed by atoms with Crippen LogP contribution in [0.5, 0.6) is 11.5 Å². The van der Waals surface area contributed by atoms with Gasteiger partial charge in [-0.2, -0.15) is 0 Å². The van der Waals surface area contributed by atoms with Crippen LogP contribution in [0.2, 0.25) is 0 Å². The summed E-state index contributed by atoms with van der Waals surface area (Å²) < 4.78 is 15.7. The third-order valence-electron chi connectivity index (χ3n) is 4.40. The van der Waals surface area contributed by atoms with E-state index < -0.39 is 17.7 Å². The molecule has 0 unspecified atom stereocenters. The molecule has 0 heterocycles. The van der Waals surface area contributed by atoms with Gasteiger partial charge < -0.3 is 24.6 Å². The fourth-order valence-electron chi connectivity index (χ4n) is 3.06. The van der Waals surface area contributed by atoms with Crippen molar-refractivity contribution in [3.63, 3.8) is 0 Å². The average Bonchev–Trinajstić information content (AvgIpc) is 2.60. The Morgan fingerprint density at radius 1 is 1.11 bits per heavy atom. The number of rotatable bonds is 5. The van der Waals surface area contributed by atoms with Crippen molar-refractivity contribution in [3.05, 3.63) is 23.8 Å². The molecule has 28 heavy (non-hydrogen) atoms. The average molecular weight is 393 g/mol. The SMILES string of the molecule is COc1cc(OC(=O)C2CCC(NC(=O)OC(C)(C)C)CC2)ccc1C(=O)O. The second-order valence-corrected chi connectivity index (χ2v) is 7.78. The molecule has 8 nitrogen and oxygen atoms in total. The number of amides is 1. The van der Waals surface area contributed by atoms with E-state index in [-0.39, 0.29) is 35.0 Å². The highest BCUT2D eigenvalue weighted by molar-refractivity contribution is 5.91. The first-order chi connectivity index (χ1) is 13.1. The van der Waals surface area contributed by atoms with Crippen molar-refractivity contribution in [2.75, 3.05) is 7.11 Å². The molecule has 154 valence electrons. The van der Waals surface area contributed by atoms with Crippen molar-refractivity contribution < 1.29 is 33.7 Å². The second-order valence-electron chi connectivity index (χ2n) is 7.78. The largest absolute Gasteiger partial charge is 0.496 e. The molecule has 1 saturated carbocycles. The van der Waals surface area contributed by atoms with E-state index in [9.17, 15) is 14.4 Å². The van der Waals surface area contributed by atoms with Crippen molar-refractivity contribution in [1.29, 1.82) is 0 Å². The number of carboxylic acids is 1. The number of carboxylic acid groups (broad SMARTS) is 1. The van der Waals surface area contributed by atoms with Crippen molar-refractivity contribution in [2.24, 2.45) is 5.92 Å². The van der Waals surface area contributed by atoms with Crippen LogP contribution in [0.15, 0.2) is 18.2 Å². The molecule has 1 amide bonds. The predicted molar refractivity (Wildman–Crippen MR) is 101 cm³/mol. The summed E-state index contributed by atoms with van der Waals surface area (Å²) in [6.07, 6.45) is 2.03. The molecule has 2 rings (SSSR count). The standard InChI is InChI=1S/C20H27NO7/c1-20(2,3)28-19(25)21-13-7-5-12(6-8-13)18(24)27-14-9-10-15(17(22)23)16(11-14)26-4/h9-13H,5-8H2,1-4H3,(H,21,25)(H,22,23). The summed E-state index contributed by atoms with van der Waals surface area (Å²) in [5, 5.41) is 11.9. The van der Waals surface area contributed by atoms with Gasteiger partial charge in [0.15, 0.2) is 0 Å². The minimum Gasteiger partial charge on any atom is -0.496 e. The molecular formula is C20H27NO7. The maximum absolute atomic E-state index is 12.4. The molecule has 1 aliphatic carbocycles. The number of nitrogens with one attached hydrogen (secondary N) is 1. The number of esters is 1. The molecule has 1 aromatic carbocycles. The number of alkyl carbamates (subject to hydrolysis) is 1. The monoisotopic (exact) mass is 393 g/mol. The molecule has 8 heteroatoms. The Labute approximate surface area is 164 Å². The Bertz CT molecular complexity index is 731.